The molecule has 4 nitrogen and oxygen atoms in total. The van der Waals surface area contributed by atoms with Gasteiger partial charge in [0.05, 0.1) is 0 Å². The first kappa shape index (κ1) is 16.8. The van der Waals surface area contributed by atoms with Gasteiger partial charge in [0.2, 0.25) is 5.13 Å². The molecule has 6 heteroatoms. The van der Waals surface area contributed by atoms with Crippen LogP contribution in [0.4, 0.5) is 10.8 Å². The van der Waals surface area contributed by atoms with Gasteiger partial charge in [0.25, 0.3) is 0 Å². The summed E-state index contributed by atoms with van der Waals surface area (Å²) in [6.07, 6.45) is 3.65. The Hall–Kier alpha value is -2.70. The zero-order valence-electron chi connectivity index (χ0n) is 13.9. The van der Waals surface area contributed by atoms with Crippen molar-refractivity contribution in [3.8, 4) is 10.6 Å². The van der Waals surface area contributed by atoms with Crippen LogP contribution in [0.5, 0.6) is 0 Å². The molecule has 0 aliphatic carbocycles. The van der Waals surface area contributed by atoms with Crippen molar-refractivity contribution in [1.82, 2.24) is 15.2 Å². The lowest BCUT2D eigenvalue weighted by atomic mass is 10.2. The smallest absolute Gasteiger partial charge is 0.210 e. The Labute approximate surface area is 160 Å². The standard InChI is InChI=1S/C20H16N4S2/c1-2-6-16(7-3-1)22-20-24-23-19(26-20)17-8-4-5-9-18(17)25-14-15-10-12-21-13-11-15/h1-13H,14H2,(H,22,24). The highest BCUT2D eigenvalue weighted by Gasteiger charge is 2.11. The average Bonchev–Trinajstić information content (AvgIpc) is 3.16. The summed E-state index contributed by atoms with van der Waals surface area (Å²) < 4.78 is 0. The fraction of sp³-hybridized carbons (Fsp3) is 0.0500. The van der Waals surface area contributed by atoms with Gasteiger partial charge in [-0.3, -0.25) is 4.98 Å². The molecule has 4 aromatic rings. The molecule has 1 N–H and O–H groups in total. The SMILES string of the molecule is c1ccc(Nc2nnc(-c3ccccc3SCc3ccncc3)s2)cc1. The molecule has 0 bridgehead atoms. The van der Waals surface area contributed by atoms with Crippen LogP contribution >= 0.6 is 23.1 Å². The maximum absolute atomic E-state index is 4.38. The van der Waals surface area contributed by atoms with E-state index in [9.17, 15) is 0 Å². The number of nitrogens with one attached hydrogen (secondary N) is 1. The summed E-state index contributed by atoms with van der Waals surface area (Å²) in [6.45, 7) is 0. The van der Waals surface area contributed by atoms with E-state index in [-0.39, 0.29) is 0 Å². The normalized spacial score (nSPS) is 10.6. The highest BCUT2D eigenvalue weighted by molar-refractivity contribution is 7.98. The maximum Gasteiger partial charge on any atom is 0.210 e. The second-order valence-electron chi connectivity index (χ2n) is 5.54. The predicted molar refractivity (Wildman–Crippen MR) is 109 cm³/mol. The number of hydrogen-bond donors (Lipinski definition) is 1. The highest BCUT2D eigenvalue weighted by Crippen LogP contribution is 2.36. The topological polar surface area (TPSA) is 50.7 Å². The first-order valence-electron chi connectivity index (χ1n) is 8.15. The second kappa shape index (κ2) is 8.12. The van der Waals surface area contributed by atoms with E-state index in [0.717, 1.165) is 27.1 Å². The first-order chi connectivity index (χ1) is 12.9. The lowest BCUT2D eigenvalue weighted by Crippen LogP contribution is -1.87. The van der Waals surface area contributed by atoms with Gasteiger partial charge in [-0.15, -0.1) is 22.0 Å². The van der Waals surface area contributed by atoms with E-state index >= 15 is 0 Å². The number of para-hydroxylation sites is 1. The molecule has 0 fully saturated rings. The van der Waals surface area contributed by atoms with Crippen LogP contribution in [0.25, 0.3) is 10.6 Å². The van der Waals surface area contributed by atoms with Gasteiger partial charge in [-0.25, -0.2) is 0 Å². The molecule has 0 aliphatic rings. The van der Waals surface area contributed by atoms with Crippen molar-refractivity contribution in [1.29, 1.82) is 0 Å². The van der Waals surface area contributed by atoms with Crippen LogP contribution in [0.2, 0.25) is 0 Å². The zero-order valence-corrected chi connectivity index (χ0v) is 15.5. The molecule has 0 aliphatic heterocycles. The molecule has 2 aromatic heterocycles. The Morgan fingerprint density at radius 1 is 0.846 bits per heavy atom. The minimum Gasteiger partial charge on any atom is -0.330 e. The maximum atomic E-state index is 4.38. The highest BCUT2D eigenvalue weighted by atomic mass is 32.2. The number of pyridine rings is 1. The van der Waals surface area contributed by atoms with Crippen LogP contribution in [0.3, 0.4) is 0 Å². The number of nitrogens with zero attached hydrogens (tertiary/aromatic N) is 3. The van der Waals surface area contributed by atoms with Crippen LogP contribution in [0.15, 0.2) is 84.0 Å². The molecule has 0 saturated heterocycles. The summed E-state index contributed by atoms with van der Waals surface area (Å²) in [7, 11) is 0. The molecular formula is C20H16N4S2. The fourth-order valence-electron chi connectivity index (χ4n) is 2.44. The van der Waals surface area contributed by atoms with Gasteiger partial charge in [-0.1, -0.05) is 47.7 Å². The van der Waals surface area contributed by atoms with Gasteiger partial charge in [0.1, 0.15) is 0 Å². The van der Waals surface area contributed by atoms with Crippen LogP contribution in [-0.2, 0) is 5.75 Å². The predicted octanol–water partition coefficient (Wildman–Crippen LogP) is 5.64. The Morgan fingerprint density at radius 2 is 1.62 bits per heavy atom. The molecule has 0 amide bonds. The lowest BCUT2D eigenvalue weighted by molar-refractivity contribution is 1.09. The summed E-state index contributed by atoms with van der Waals surface area (Å²) in [5.74, 6) is 0.896. The number of benzene rings is 2. The Bertz CT molecular complexity index is 971. The number of anilines is 2. The minimum atomic E-state index is 0.792. The third-order valence-electron chi connectivity index (χ3n) is 3.71. The van der Waals surface area contributed by atoms with E-state index in [1.165, 1.54) is 10.5 Å². The van der Waals surface area contributed by atoms with E-state index in [4.69, 9.17) is 0 Å². The van der Waals surface area contributed by atoms with Crippen LogP contribution in [0, 0.1) is 0 Å². The molecule has 2 aromatic carbocycles. The molecule has 0 radical (unpaired) electrons. The van der Waals surface area contributed by atoms with E-state index in [1.54, 1.807) is 23.1 Å². The summed E-state index contributed by atoms with van der Waals surface area (Å²) in [5.41, 5.74) is 3.38. The quantitative estimate of drug-likeness (QED) is 0.442. The molecule has 0 spiro atoms. The third kappa shape index (κ3) is 4.09. The Morgan fingerprint density at radius 3 is 2.46 bits per heavy atom. The summed E-state index contributed by atoms with van der Waals surface area (Å²) >= 11 is 3.36. The molecule has 0 saturated carbocycles. The van der Waals surface area contributed by atoms with Gasteiger partial charge in [-0.05, 0) is 35.9 Å². The van der Waals surface area contributed by atoms with Crippen molar-refractivity contribution < 1.29 is 0 Å². The number of thioether (sulfide) groups is 1. The van der Waals surface area contributed by atoms with Crippen molar-refractivity contribution >= 4 is 33.9 Å². The van der Waals surface area contributed by atoms with Crippen molar-refractivity contribution in [3.63, 3.8) is 0 Å². The van der Waals surface area contributed by atoms with Gasteiger partial charge in [0.15, 0.2) is 5.01 Å². The molecule has 0 unspecified atom stereocenters. The molecular weight excluding hydrogens is 360 g/mol. The molecule has 26 heavy (non-hydrogen) atoms. The second-order valence-corrected chi connectivity index (χ2v) is 7.54. The van der Waals surface area contributed by atoms with Crippen molar-refractivity contribution in [3.05, 3.63) is 84.7 Å². The van der Waals surface area contributed by atoms with Gasteiger partial charge in [-0.2, -0.15) is 0 Å². The summed E-state index contributed by atoms with van der Waals surface area (Å²) in [5, 5.41) is 13.7. The van der Waals surface area contributed by atoms with Crippen molar-refractivity contribution in [2.45, 2.75) is 10.6 Å². The Kier molecular flexibility index (Phi) is 5.23. The van der Waals surface area contributed by atoms with Gasteiger partial charge in [0, 0.05) is 34.3 Å². The molecule has 0 atom stereocenters. The average molecular weight is 377 g/mol. The van der Waals surface area contributed by atoms with E-state index in [2.05, 4.69) is 38.7 Å². The molecule has 2 heterocycles. The van der Waals surface area contributed by atoms with Crippen molar-refractivity contribution in [2.75, 3.05) is 5.32 Å². The number of aromatic nitrogens is 3. The van der Waals surface area contributed by atoms with E-state index in [0.29, 0.717) is 0 Å². The van der Waals surface area contributed by atoms with Gasteiger partial charge >= 0.3 is 0 Å². The third-order valence-corrected chi connectivity index (χ3v) is 5.73. The van der Waals surface area contributed by atoms with Crippen LogP contribution < -0.4 is 5.32 Å². The number of rotatable bonds is 6. The fourth-order valence-corrected chi connectivity index (χ4v) is 4.31. The van der Waals surface area contributed by atoms with Crippen LogP contribution in [0.1, 0.15) is 5.56 Å². The number of hydrogen-bond acceptors (Lipinski definition) is 6. The largest absolute Gasteiger partial charge is 0.330 e. The summed E-state index contributed by atoms with van der Waals surface area (Å²) in [4.78, 5) is 5.27. The monoisotopic (exact) mass is 376 g/mol. The van der Waals surface area contributed by atoms with Crippen LogP contribution in [-0.4, -0.2) is 15.2 Å². The summed E-state index contributed by atoms with van der Waals surface area (Å²) in [6, 6.07) is 22.4. The Balaban J connectivity index is 1.53. The van der Waals surface area contributed by atoms with Crippen molar-refractivity contribution in [2.24, 2.45) is 0 Å². The van der Waals surface area contributed by atoms with E-state index in [1.807, 2.05) is 60.9 Å². The molecule has 128 valence electrons. The lowest BCUT2D eigenvalue weighted by Gasteiger charge is -2.06. The van der Waals surface area contributed by atoms with E-state index < -0.39 is 0 Å². The minimum absolute atomic E-state index is 0.792. The molecule has 4 rings (SSSR count). The first-order valence-corrected chi connectivity index (χ1v) is 9.95. The zero-order chi connectivity index (χ0) is 17.6. The van der Waals surface area contributed by atoms with Gasteiger partial charge < -0.3 is 5.32 Å².